The molecule has 0 saturated carbocycles. The zero-order valence-electron chi connectivity index (χ0n) is 8.01. The molecule has 0 aromatic carbocycles. The maximum Gasteiger partial charge on any atom is 0.317 e. The molecule has 1 atom stereocenters. The van der Waals surface area contributed by atoms with Crippen molar-refractivity contribution in [2.75, 3.05) is 6.61 Å². The average Bonchev–Trinajstić information content (AvgIpc) is 2.05. The standard InChI is InChI=1S/C9H15ClO3/c1-3-5-6-7(8(10)11)9(12)13-4-2/h7H,3-6H2,1-2H3. The van der Waals surface area contributed by atoms with Crippen LogP contribution in [0, 0.1) is 5.92 Å². The largest absolute Gasteiger partial charge is 0.465 e. The highest BCUT2D eigenvalue weighted by atomic mass is 35.5. The molecule has 0 amide bonds. The molecule has 0 heterocycles. The van der Waals surface area contributed by atoms with E-state index in [0.717, 1.165) is 12.8 Å². The van der Waals surface area contributed by atoms with Gasteiger partial charge in [-0.15, -0.1) is 0 Å². The number of ether oxygens (including phenoxy) is 1. The van der Waals surface area contributed by atoms with Gasteiger partial charge < -0.3 is 4.74 Å². The first-order valence-corrected chi connectivity index (χ1v) is 4.87. The van der Waals surface area contributed by atoms with Gasteiger partial charge in [0.1, 0.15) is 5.92 Å². The summed E-state index contributed by atoms with van der Waals surface area (Å²) in [6.45, 7) is 3.97. The molecule has 76 valence electrons. The number of carbonyl (C=O) groups excluding carboxylic acids is 2. The topological polar surface area (TPSA) is 43.4 Å². The Morgan fingerprint density at radius 3 is 2.38 bits per heavy atom. The summed E-state index contributed by atoms with van der Waals surface area (Å²) in [6.07, 6.45) is 2.22. The van der Waals surface area contributed by atoms with Gasteiger partial charge in [0.25, 0.3) is 0 Å². The molecule has 0 bridgehead atoms. The Kier molecular flexibility index (Phi) is 6.59. The molecule has 0 aliphatic carbocycles. The molecule has 0 aromatic heterocycles. The van der Waals surface area contributed by atoms with Crippen LogP contribution in [0.15, 0.2) is 0 Å². The van der Waals surface area contributed by atoms with Crippen LogP contribution in [0.25, 0.3) is 0 Å². The normalized spacial score (nSPS) is 12.2. The smallest absolute Gasteiger partial charge is 0.317 e. The summed E-state index contributed by atoms with van der Waals surface area (Å²) in [5.74, 6) is -1.28. The van der Waals surface area contributed by atoms with Gasteiger partial charge in [-0.3, -0.25) is 9.59 Å². The van der Waals surface area contributed by atoms with E-state index in [2.05, 4.69) is 0 Å². The molecule has 1 unspecified atom stereocenters. The summed E-state index contributed by atoms with van der Waals surface area (Å²) in [7, 11) is 0. The first-order chi connectivity index (χ1) is 6.13. The Hall–Kier alpha value is -0.570. The van der Waals surface area contributed by atoms with Gasteiger partial charge in [-0.1, -0.05) is 19.8 Å². The van der Waals surface area contributed by atoms with E-state index in [1.165, 1.54) is 0 Å². The first-order valence-electron chi connectivity index (χ1n) is 4.49. The molecule has 0 N–H and O–H groups in total. The lowest BCUT2D eigenvalue weighted by atomic mass is 10.0. The highest BCUT2D eigenvalue weighted by molar-refractivity contribution is 6.65. The molecule has 3 nitrogen and oxygen atoms in total. The summed E-state index contributed by atoms with van der Waals surface area (Å²) >= 11 is 5.27. The molecular weight excluding hydrogens is 192 g/mol. The van der Waals surface area contributed by atoms with Gasteiger partial charge in [-0.2, -0.15) is 0 Å². The molecule has 0 rings (SSSR count). The van der Waals surface area contributed by atoms with Crippen LogP contribution in [0.5, 0.6) is 0 Å². The van der Waals surface area contributed by atoms with Gasteiger partial charge >= 0.3 is 5.97 Å². The molecule has 0 aliphatic heterocycles. The summed E-state index contributed by atoms with van der Waals surface area (Å²) in [5.41, 5.74) is 0. The van der Waals surface area contributed by atoms with Crippen LogP contribution >= 0.6 is 11.6 Å². The van der Waals surface area contributed by atoms with Gasteiger partial charge in [0, 0.05) is 0 Å². The second-order valence-electron chi connectivity index (χ2n) is 2.75. The highest BCUT2D eigenvalue weighted by Crippen LogP contribution is 2.13. The molecule has 0 radical (unpaired) electrons. The van der Waals surface area contributed by atoms with E-state index in [9.17, 15) is 9.59 Å². The number of carbonyl (C=O) groups is 2. The van der Waals surface area contributed by atoms with Crippen LogP contribution in [-0.2, 0) is 14.3 Å². The van der Waals surface area contributed by atoms with Crippen molar-refractivity contribution >= 4 is 22.8 Å². The van der Waals surface area contributed by atoms with E-state index in [-0.39, 0.29) is 6.61 Å². The van der Waals surface area contributed by atoms with Crippen LogP contribution in [0.3, 0.4) is 0 Å². The van der Waals surface area contributed by atoms with Gasteiger partial charge in [-0.25, -0.2) is 0 Å². The molecule has 13 heavy (non-hydrogen) atoms. The van der Waals surface area contributed by atoms with E-state index in [1.807, 2.05) is 6.92 Å². The Bertz CT molecular complexity index is 180. The van der Waals surface area contributed by atoms with Crippen molar-refractivity contribution in [3.63, 3.8) is 0 Å². The summed E-state index contributed by atoms with van der Waals surface area (Å²) in [4.78, 5) is 22.0. The molecule has 0 aliphatic rings. The van der Waals surface area contributed by atoms with Crippen molar-refractivity contribution in [2.24, 2.45) is 5.92 Å². The summed E-state index contributed by atoms with van der Waals surface area (Å²) in [6, 6.07) is 0. The molecule has 0 saturated heterocycles. The molecule has 0 spiro atoms. The first kappa shape index (κ1) is 12.4. The number of unbranched alkanes of at least 4 members (excludes halogenated alkanes) is 1. The van der Waals surface area contributed by atoms with Crippen molar-refractivity contribution in [2.45, 2.75) is 33.1 Å². The predicted molar refractivity (Wildman–Crippen MR) is 50.5 cm³/mol. The van der Waals surface area contributed by atoms with Crippen LogP contribution in [0.2, 0.25) is 0 Å². The van der Waals surface area contributed by atoms with E-state index >= 15 is 0 Å². The van der Waals surface area contributed by atoms with Gasteiger partial charge in [0.05, 0.1) is 6.61 Å². The maximum atomic E-state index is 11.2. The van der Waals surface area contributed by atoms with E-state index in [4.69, 9.17) is 16.3 Å². The van der Waals surface area contributed by atoms with Crippen molar-refractivity contribution in [3.8, 4) is 0 Å². The third-order valence-electron chi connectivity index (χ3n) is 1.69. The number of hydrogen-bond acceptors (Lipinski definition) is 3. The van der Waals surface area contributed by atoms with E-state index in [1.54, 1.807) is 6.92 Å². The molecular formula is C9H15ClO3. The minimum Gasteiger partial charge on any atom is -0.465 e. The van der Waals surface area contributed by atoms with Crippen LogP contribution in [-0.4, -0.2) is 17.8 Å². The fourth-order valence-electron chi connectivity index (χ4n) is 0.975. The monoisotopic (exact) mass is 206 g/mol. The Balaban J connectivity index is 4.07. The Labute approximate surface area is 83.4 Å². The lowest BCUT2D eigenvalue weighted by Crippen LogP contribution is -2.23. The number of hydrogen-bond donors (Lipinski definition) is 0. The second-order valence-corrected chi connectivity index (χ2v) is 3.12. The Morgan fingerprint density at radius 1 is 1.38 bits per heavy atom. The molecule has 0 aromatic rings. The van der Waals surface area contributed by atoms with Crippen molar-refractivity contribution in [1.82, 2.24) is 0 Å². The fourth-order valence-corrected chi connectivity index (χ4v) is 1.17. The second kappa shape index (κ2) is 6.89. The number of halogens is 1. The minimum atomic E-state index is -0.776. The van der Waals surface area contributed by atoms with Crippen molar-refractivity contribution in [3.05, 3.63) is 0 Å². The minimum absolute atomic E-state index is 0.283. The average molecular weight is 207 g/mol. The Morgan fingerprint density at radius 2 is 2.00 bits per heavy atom. The SMILES string of the molecule is CCCCC(C(=O)Cl)C(=O)OCC. The summed E-state index contributed by atoms with van der Waals surface area (Å²) < 4.78 is 4.72. The van der Waals surface area contributed by atoms with Crippen molar-refractivity contribution in [1.29, 1.82) is 0 Å². The summed E-state index contributed by atoms with van der Waals surface area (Å²) in [5, 5.41) is -0.619. The van der Waals surface area contributed by atoms with Crippen LogP contribution < -0.4 is 0 Å². The molecule has 4 heteroatoms. The maximum absolute atomic E-state index is 11.2. The third-order valence-corrected chi connectivity index (χ3v) is 1.95. The highest BCUT2D eigenvalue weighted by Gasteiger charge is 2.25. The zero-order chi connectivity index (χ0) is 10.3. The predicted octanol–water partition coefficient (Wildman–Crippen LogP) is 2.12. The van der Waals surface area contributed by atoms with Crippen LogP contribution in [0.1, 0.15) is 33.1 Å². The van der Waals surface area contributed by atoms with E-state index in [0.29, 0.717) is 6.42 Å². The zero-order valence-corrected chi connectivity index (χ0v) is 8.76. The van der Waals surface area contributed by atoms with Gasteiger partial charge in [0.15, 0.2) is 0 Å². The number of esters is 1. The molecule has 0 fully saturated rings. The fraction of sp³-hybridized carbons (Fsp3) is 0.778. The number of rotatable bonds is 6. The van der Waals surface area contributed by atoms with Crippen molar-refractivity contribution < 1.29 is 14.3 Å². The third kappa shape index (κ3) is 4.88. The van der Waals surface area contributed by atoms with Gasteiger partial charge in [-0.05, 0) is 24.9 Å². The van der Waals surface area contributed by atoms with E-state index < -0.39 is 17.1 Å². The van der Waals surface area contributed by atoms with Gasteiger partial charge in [0.2, 0.25) is 5.24 Å². The lowest BCUT2D eigenvalue weighted by molar-refractivity contribution is -0.150. The van der Waals surface area contributed by atoms with Crippen LogP contribution in [0.4, 0.5) is 0 Å². The quantitative estimate of drug-likeness (QED) is 0.380. The lowest BCUT2D eigenvalue weighted by Gasteiger charge is -2.09.